The second kappa shape index (κ2) is 7.09. The molecule has 0 radical (unpaired) electrons. The average molecular weight is 294 g/mol. The Hall–Kier alpha value is -1.82. The Morgan fingerprint density at radius 1 is 1.15 bits per heavy atom. The zero-order valence-corrected chi connectivity index (χ0v) is 13.5. The van der Waals surface area contributed by atoms with Gasteiger partial charge in [-0.2, -0.15) is 0 Å². The van der Waals surface area contributed by atoms with Crippen LogP contribution in [0.1, 0.15) is 13.8 Å². The second-order valence-corrected chi connectivity index (χ2v) is 4.94. The van der Waals surface area contributed by atoms with Crippen LogP contribution < -0.4 is 10.2 Å². The van der Waals surface area contributed by atoms with Crippen molar-refractivity contribution in [2.45, 2.75) is 13.8 Å². The van der Waals surface area contributed by atoms with Gasteiger partial charge in [0.15, 0.2) is 5.11 Å². The van der Waals surface area contributed by atoms with E-state index in [2.05, 4.69) is 17.1 Å². The first-order valence-corrected chi connectivity index (χ1v) is 6.87. The van der Waals surface area contributed by atoms with Gasteiger partial charge in [0.25, 0.3) is 0 Å². The molecule has 1 N–H and O–H groups in total. The summed E-state index contributed by atoms with van der Waals surface area (Å²) in [6.45, 7) is 4.56. The molecule has 1 aromatic carbocycles. The van der Waals surface area contributed by atoms with E-state index in [1.807, 2.05) is 31.3 Å². The molecule has 6 heteroatoms. The fourth-order valence-corrected chi connectivity index (χ4v) is 1.77. The van der Waals surface area contributed by atoms with Crippen LogP contribution in [0.2, 0.25) is 0 Å². The largest absolute Gasteiger partial charge is 0.375 e. The zero-order valence-electron chi connectivity index (χ0n) is 12.7. The van der Waals surface area contributed by atoms with E-state index < -0.39 is 0 Å². The molecule has 0 unspecified atom stereocenters. The molecule has 0 aromatic heterocycles. The number of amides is 1. The van der Waals surface area contributed by atoms with Crippen LogP contribution in [-0.4, -0.2) is 48.7 Å². The number of nitrogens with one attached hydrogen (secondary N) is 1. The highest BCUT2D eigenvalue weighted by molar-refractivity contribution is 7.80. The number of thiocarbonyl (C=S) groups is 1. The summed E-state index contributed by atoms with van der Waals surface area (Å²) in [5.41, 5.74) is 2.05. The van der Waals surface area contributed by atoms with E-state index in [0.29, 0.717) is 5.11 Å². The lowest BCUT2D eigenvalue weighted by molar-refractivity contribution is -0.136. The van der Waals surface area contributed by atoms with Gasteiger partial charge in [-0.1, -0.05) is 0 Å². The van der Waals surface area contributed by atoms with E-state index >= 15 is 0 Å². The summed E-state index contributed by atoms with van der Waals surface area (Å²) in [5.74, 6) is -0.0726. The van der Waals surface area contributed by atoms with Crippen molar-refractivity contribution in [2.24, 2.45) is 0 Å². The predicted molar refractivity (Wildman–Crippen MR) is 87.8 cm³/mol. The van der Waals surface area contributed by atoms with Crippen LogP contribution in [0, 0.1) is 0 Å². The van der Waals surface area contributed by atoms with Crippen molar-refractivity contribution in [1.29, 1.82) is 0 Å². The van der Waals surface area contributed by atoms with Crippen LogP contribution in [0.3, 0.4) is 0 Å². The molecule has 1 amide bonds. The number of hydrogen-bond donors (Lipinski definition) is 1. The predicted octanol–water partition coefficient (Wildman–Crippen LogP) is 2.16. The first-order chi connectivity index (χ1) is 9.36. The summed E-state index contributed by atoms with van der Waals surface area (Å²) in [7, 11) is 5.47. The van der Waals surface area contributed by atoms with E-state index in [9.17, 15) is 4.79 Å². The molecule has 0 fully saturated rings. The van der Waals surface area contributed by atoms with E-state index in [0.717, 1.165) is 17.9 Å². The molecule has 5 nitrogen and oxygen atoms in total. The highest BCUT2D eigenvalue weighted by Gasteiger charge is 2.12. The summed E-state index contributed by atoms with van der Waals surface area (Å²) >= 11 is 5.27. The maximum atomic E-state index is 11.3. The number of anilines is 2. The first kappa shape index (κ1) is 16.2. The van der Waals surface area contributed by atoms with Crippen molar-refractivity contribution in [2.75, 3.05) is 37.9 Å². The van der Waals surface area contributed by atoms with E-state index in [1.165, 1.54) is 11.9 Å². The van der Waals surface area contributed by atoms with E-state index in [-0.39, 0.29) is 5.91 Å². The van der Waals surface area contributed by atoms with Gasteiger partial charge in [0.05, 0.1) is 0 Å². The smallest absolute Gasteiger partial charge is 0.237 e. The molecular formula is C14H22N4OS. The SMILES string of the molecule is CCN(C)c1ccc(NC(=S)N(C)N(C)C(C)=O)cc1. The van der Waals surface area contributed by atoms with Gasteiger partial charge < -0.3 is 10.2 Å². The number of nitrogens with zero attached hydrogens (tertiary/aromatic N) is 3. The molecule has 0 atom stereocenters. The van der Waals surface area contributed by atoms with Gasteiger partial charge in [-0.3, -0.25) is 14.8 Å². The Morgan fingerprint density at radius 3 is 2.15 bits per heavy atom. The lowest BCUT2D eigenvalue weighted by Crippen LogP contribution is -2.45. The monoisotopic (exact) mass is 294 g/mol. The van der Waals surface area contributed by atoms with E-state index in [1.54, 1.807) is 19.1 Å². The molecule has 0 heterocycles. The van der Waals surface area contributed by atoms with Crippen molar-refractivity contribution in [1.82, 2.24) is 10.0 Å². The maximum Gasteiger partial charge on any atom is 0.237 e. The third kappa shape index (κ3) is 4.09. The Kier molecular flexibility index (Phi) is 5.76. The van der Waals surface area contributed by atoms with Gasteiger partial charge >= 0.3 is 0 Å². The standard InChI is InChI=1S/C14H22N4OS/c1-6-16(3)13-9-7-12(8-10-13)15-14(20)18(5)17(4)11(2)19/h7-10H,6H2,1-5H3,(H,15,20). The number of carbonyl (C=O) groups is 1. The highest BCUT2D eigenvalue weighted by Crippen LogP contribution is 2.17. The van der Waals surface area contributed by atoms with Gasteiger partial charge in [-0.25, -0.2) is 0 Å². The fraction of sp³-hybridized carbons (Fsp3) is 0.429. The molecule has 1 rings (SSSR count). The zero-order chi connectivity index (χ0) is 15.3. The maximum absolute atomic E-state index is 11.3. The summed E-state index contributed by atoms with van der Waals surface area (Å²) in [5, 5.41) is 6.63. The van der Waals surface area contributed by atoms with Gasteiger partial charge in [0.2, 0.25) is 5.91 Å². The molecule has 0 aliphatic carbocycles. The molecule has 0 aliphatic heterocycles. The number of hydrogen-bond acceptors (Lipinski definition) is 3. The van der Waals surface area contributed by atoms with Gasteiger partial charge in [0.1, 0.15) is 0 Å². The average Bonchev–Trinajstić information content (AvgIpc) is 2.45. The van der Waals surface area contributed by atoms with Crippen molar-refractivity contribution in [3.05, 3.63) is 24.3 Å². The summed E-state index contributed by atoms with van der Waals surface area (Å²) < 4.78 is 0. The van der Waals surface area contributed by atoms with Crippen LogP contribution in [0.4, 0.5) is 11.4 Å². The van der Waals surface area contributed by atoms with Crippen molar-refractivity contribution in [3.8, 4) is 0 Å². The quantitative estimate of drug-likeness (QED) is 0.683. The minimum absolute atomic E-state index is 0.0726. The lowest BCUT2D eigenvalue weighted by Gasteiger charge is -2.29. The molecule has 0 spiro atoms. The summed E-state index contributed by atoms with van der Waals surface area (Å²) in [4.78, 5) is 13.4. The molecular weight excluding hydrogens is 272 g/mol. The van der Waals surface area contributed by atoms with Gasteiger partial charge in [-0.05, 0) is 43.4 Å². The molecule has 20 heavy (non-hydrogen) atoms. The van der Waals surface area contributed by atoms with Crippen LogP contribution in [-0.2, 0) is 4.79 Å². The normalized spacial score (nSPS) is 9.85. The Labute approximate surface area is 126 Å². The Balaban J connectivity index is 2.69. The number of benzene rings is 1. The highest BCUT2D eigenvalue weighted by atomic mass is 32.1. The lowest BCUT2D eigenvalue weighted by atomic mass is 10.2. The molecule has 0 aliphatic rings. The second-order valence-electron chi connectivity index (χ2n) is 4.56. The summed E-state index contributed by atoms with van der Waals surface area (Å²) in [6.07, 6.45) is 0. The van der Waals surface area contributed by atoms with Crippen molar-refractivity contribution >= 4 is 34.6 Å². The molecule has 0 bridgehead atoms. The topological polar surface area (TPSA) is 38.8 Å². The van der Waals surface area contributed by atoms with Crippen LogP contribution in [0.5, 0.6) is 0 Å². The third-order valence-corrected chi connectivity index (χ3v) is 3.60. The van der Waals surface area contributed by atoms with Crippen LogP contribution in [0.15, 0.2) is 24.3 Å². The van der Waals surface area contributed by atoms with E-state index in [4.69, 9.17) is 12.2 Å². The fourth-order valence-electron chi connectivity index (χ4n) is 1.53. The van der Waals surface area contributed by atoms with Crippen molar-refractivity contribution < 1.29 is 4.79 Å². The van der Waals surface area contributed by atoms with Gasteiger partial charge in [-0.15, -0.1) is 0 Å². The number of rotatable bonds is 3. The van der Waals surface area contributed by atoms with Gasteiger partial charge in [0, 0.05) is 46.0 Å². The summed E-state index contributed by atoms with van der Waals surface area (Å²) in [6, 6.07) is 8.00. The Bertz CT molecular complexity index is 475. The molecule has 1 aromatic rings. The number of carbonyl (C=O) groups excluding carboxylic acids is 1. The van der Waals surface area contributed by atoms with Crippen LogP contribution in [0.25, 0.3) is 0 Å². The number of hydrazine groups is 1. The third-order valence-electron chi connectivity index (χ3n) is 3.23. The van der Waals surface area contributed by atoms with Crippen LogP contribution >= 0.6 is 12.2 Å². The minimum atomic E-state index is -0.0726. The minimum Gasteiger partial charge on any atom is -0.375 e. The molecule has 0 saturated carbocycles. The first-order valence-electron chi connectivity index (χ1n) is 6.47. The molecule has 0 saturated heterocycles. The van der Waals surface area contributed by atoms with Crippen molar-refractivity contribution in [3.63, 3.8) is 0 Å². The molecule has 110 valence electrons. The Morgan fingerprint density at radius 2 is 1.70 bits per heavy atom.